The average Bonchev–Trinajstić information content (AvgIpc) is 3.15. The number of piperidine rings is 2. The molecule has 49 heavy (non-hydrogen) atoms. The van der Waals surface area contributed by atoms with Gasteiger partial charge in [0.25, 0.3) is 5.91 Å². The number of nitrogens with zero attached hydrogens (tertiary/aromatic N) is 2. The molecule has 0 radical (unpaired) electrons. The zero-order valence-electron chi connectivity index (χ0n) is 28.1. The molecule has 2 aliphatic rings. The van der Waals surface area contributed by atoms with Gasteiger partial charge in [0, 0.05) is 54.8 Å². The van der Waals surface area contributed by atoms with Gasteiger partial charge in [0.15, 0.2) is 0 Å². The molecular formula is C41H47ClN4O3. The zero-order chi connectivity index (χ0) is 34.1. The Morgan fingerprint density at radius 2 is 1.33 bits per heavy atom. The second-order valence-electron chi connectivity index (χ2n) is 13.6. The Morgan fingerprint density at radius 1 is 0.776 bits per heavy atom. The van der Waals surface area contributed by atoms with E-state index < -0.39 is 11.0 Å². The van der Waals surface area contributed by atoms with E-state index in [1.54, 1.807) is 0 Å². The molecule has 0 atom stereocenters. The first-order valence-corrected chi connectivity index (χ1v) is 17.9. The number of amides is 3. The van der Waals surface area contributed by atoms with Crippen LogP contribution in [0, 0.1) is 0 Å². The maximum absolute atomic E-state index is 13.4. The number of rotatable bonds is 11. The largest absolute Gasteiger partial charge is 0.385 e. The number of carbonyl (C=O) groups excluding carboxylic acids is 2. The van der Waals surface area contributed by atoms with E-state index in [1.807, 2.05) is 71.6 Å². The van der Waals surface area contributed by atoms with E-state index in [2.05, 4.69) is 64.1 Å². The lowest BCUT2D eigenvalue weighted by molar-refractivity contribution is -0.0262. The molecule has 0 aromatic heterocycles. The average molecular weight is 679 g/mol. The summed E-state index contributed by atoms with van der Waals surface area (Å²) in [4.78, 5) is 30.7. The third-order valence-electron chi connectivity index (χ3n) is 10.5. The Hall–Kier alpha value is -4.17. The van der Waals surface area contributed by atoms with Crippen LogP contribution in [0.3, 0.4) is 0 Å². The van der Waals surface area contributed by atoms with Crippen molar-refractivity contribution in [1.29, 1.82) is 0 Å². The SMILES string of the molecule is O=C(NCC(CCCN1CCC(O)(c2ccc(Cl)cc2)CC1)(c1ccccc1)c1ccccc1)NC1CCN(C(=O)c2ccccc2)CC1. The van der Waals surface area contributed by atoms with Gasteiger partial charge in [-0.15, -0.1) is 0 Å². The molecule has 6 rings (SSSR count). The van der Waals surface area contributed by atoms with Gasteiger partial charge in [0.1, 0.15) is 0 Å². The summed E-state index contributed by atoms with van der Waals surface area (Å²) in [6, 6.07) is 37.8. The van der Waals surface area contributed by atoms with Gasteiger partial charge in [0.2, 0.25) is 0 Å². The molecule has 0 aliphatic carbocycles. The summed E-state index contributed by atoms with van der Waals surface area (Å²) in [6.07, 6.45) is 4.57. The molecule has 2 saturated heterocycles. The van der Waals surface area contributed by atoms with Gasteiger partial charge in [-0.25, -0.2) is 4.79 Å². The summed E-state index contributed by atoms with van der Waals surface area (Å²) in [6.45, 7) is 4.23. The number of halogens is 1. The van der Waals surface area contributed by atoms with E-state index >= 15 is 0 Å². The zero-order valence-corrected chi connectivity index (χ0v) is 28.8. The summed E-state index contributed by atoms with van der Waals surface area (Å²) in [5, 5.41) is 18.5. The van der Waals surface area contributed by atoms with Gasteiger partial charge < -0.3 is 25.5 Å². The lowest BCUT2D eigenvalue weighted by Gasteiger charge is -2.40. The molecule has 0 saturated carbocycles. The van der Waals surface area contributed by atoms with Crippen LogP contribution in [0.2, 0.25) is 5.02 Å². The molecule has 2 heterocycles. The van der Waals surface area contributed by atoms with E-state index in [9.17, 15) is 14.7 Å². The number of likely N-dealkylation sites (tertiary alicyclic amines) is 2. The molecule has 2 aliphatic heterocycles. The van der Waals surface area contributed by atoms with E-state index in [1.165, 1.54) is 11.1 Å². The van der Waals surface area contributed by atoms with E-state index in [0.717, 1.165) is 50.9 Å². The molecular weight excluding hydrogens is 632 g/mol. The maximum Gasteiger partial charge on any atom is 0.315 e. The number of hydrogen-bond acceptors (Lipinski definition) is 4. The molecule has 3 amide bonds. The van der Waals surface area contributed by atoms with Crippen LogP contribution in [-0.4, -0.2) is 72.2 Å². The lowest BCUT2D eigenvalue weighted by Crippen LogP contribution is -2.51. The van der Waals surface area contributed by atoms with Crippen LogP contribution in [0.5, 0.6) is 0 Å². The van der Waals surface area contributed by atoms with Crippen molar-refractivity contribution in [3.63, 3.8) is 0 Å². The summed E-state index contributed by atoms with van der Waals surface area (Å²) in [7, 11) is 0. The van der Waals surface area contributed by atoms with Crippen LogP contribution in [0.4, 0.5) is 4.79 Å². The molecule has 3 N–H and O–H groups in total. The molecule has 4 aromatic carbocycles. The fraction of sp³-hybridized carbons (Fsp3) is 0.366. The van der Waals surface area contributed by atoms with Crippen molar-refractivity contribution in [2.45, 2.75) is 55.6 Å². The second-order valence-corrected chi connectivity index (χ2v) is 14.0. The van der Waals surface area contributed by atoms with Crippen molar-refractivity contribution in [2.75, 3.05) is 39.3 Å². The van der Waals surface area contributed by atoms with Crippen molar-refractivity contribution in [3.8, 4) is 0 Å². The fourth-order valence-corrected chi connectivity index (χ4v) is 7.65. The molecule has 7 nitrogen and oxygen atoms in total. The Balaban J connectivity index is 1.08. The van der Waals surface area contributed by atoms with Gasteiger partial charge in [-0.05, 0) is 86.0 Å². The lowest BCUT2D eigenvalue weighted by atomic mass is 9.71. The third kappa shape index (κ3) is 8.53. The highest BCUT2D eigenvalue weighted by Gasteiger charge is 2.37. The predicted octanol–water partition coefficient (Wildman–Crippen LogP) is 6.99. The standard InChI is InChI=1S/C41H47ClN4O3/c42-36-19-17-35(18-20-36)41(49)24-29-45(30-25-41)26-10-23-40(33-13-6-2-7-14-33,34-15-8-3-9-16-34)31-43-39(48)44-37-21-27-46(28-22-37)38(47)32-11-4-1-5-12-32/h1-9,11-20,37,49H,10,21-31H2,(H2,43,44,48). The number of carbonyl (C=O) groups is 2. The Labute approximate surface area is 295 Å². The smallest absolute Gasteiger partial charge is 0.315 e. The van der Waals surface area contributed by atoms with Gasteiger partial charge in [0.05, 0.1) is 5.60 Å². The van der Waals surface area contributed by atoms with Crippen molar-refractivity contribution >= 4 is 23.5 Å². The summed E-state index contributed by atoms with van der Waals surface area (Å²) < 4.78 is 0. The Morgan fingerprint density at radius 3 is 1.90 bits per heavy atom. The van der Waals surface area contributed by atoms with Crippen LogP contribution in [0.1, 0.15) is 65.6 Å². The maximum atomic E-state index is 13.4. The molecule has 0 unspecified atom stereocenters. The van der Waals surface area contributed by atoms with Gasteiger partial charge in [-0.3, -0.25) is 4.79 Å². The normalized spacial score (nSPS) is 17.0. The van der Waals surface area contributed by atoms with E-state index in [4.69, 9.17) is 11.6 Å². The highest BCUT2D eigenvalue weighted by atomic mass is 35.5. The summed E-state index contributed by atoms with van der Waals surface area (Å²) in [5.74, 6) is 0.0424. The Bertz CT molecular complexity index is 1600. The fourth-order valence-electron chi connectivity index (χ4n) is 7.52. The highest BCUT2D eigenvalue weighted by Crippen LogP contribution is 2.38. The first kappa shape index (κ1) is 34.7. The Kier molecular flexibility index (Phi) is 11.3. The number of urea groups is 1. The van der Waals surface area contributed by atoms with Gasteiger partial charge in [-0.2, -0.15) is 0 Å². The van der Waals surface area contributed by atoms with Gasteiger partial charge in [-0.1, -0.05) is 103 Å². The molecule has 2 fully saturated rings. The quantitative estimate of drug-likeness (QED) is 0.160. The highest BCUT2D eigenvalue weighted by molar-refractivity contribution is 6.30. The number of nitrogens with one attached hydrogen (secondary N) is 2. The van der Waals surface area contributed by atoms with Crippen LogP contribution in [-0.2, 0) is 11.0 Å². The van der Waals surface area contributed by atoms with Crippen LogP contribution in [0.25, 0.3) is 0 Å². The molecule has 8 heteroatoms. The molecule has 4 aromatic rings. The van der Waals surface area contributed by atoms with Crippen molar-refractivity contribution in [3.05, 3.63) is 143 Å². The van der Waals surface area contributed by atoms with Gasteiger partial charge >= 0.3 is 6.03 Å². The monoisotopic (exact) mass is 678 g/mol. The van der Waals surface area contributed by atoms with E-state index in [0.29, 0.717) is 43.1 Å². The molecule has 0 spiro atoms. The first-order valence-electron chi connectivity index (χ1n) is 17.6. The number of hydrogen-bond donors (Lipinski definition) is 3. The molecule has 256 valence electrons. The topological polar surface area (TPSA) is 84.9 Å². The van der Waals surface area contributed by atoms with Crippen LogP contribution >= 0.6 is 11.6 Å². The van der Waals surface area contributed by atoms with Crippen LogP contribution < -0.4 is 10.6 Å². The predicted molar refractivity (Wildman–Crippen MR) is 196 cm³/mol. The number of benzene rings is 4. The molecule has 0 bridgehead atoms. The minimum atomic E-state index is -0.829. The minimum absolute atomic E-state index is 0.00768. The van der Waals surface area contributed by atoms with Crippen molar-refractivity contribution < 1.29 is 14.7 Å². The summed E-state index contributed by atoms with van der Waals surface area (Å²) >= 11 is 6.09. The van der Waals surface area contributed by atoms with Crippen LogP contribution in [0.15, 0.2) is 115 Å². The second kappa shape index (κ2) is 16.0. The summed E-state index contributed by atoms with van der Waals surface area (Å²) in [5.41, 5.74) is 2.72. The van der Waals surface area contributed by atoms with Crippen molar-refractivity contribution in [1.82, 2.24) is 20.4 Å². The number of aliphatic hydroxyl groups is 1. The van der Waals surface area contributed by atoms with E-state index in [-0.39, 0.29) is 18.0 Å². The minimum Gasteiger partial charge on any atom is -0.385 e. The first-order chi connectivity index (χ1) is 23.8. The third-order valence-corrected chi connectivity index (χ3v) is 10.7. The van der Waals surface area contributed by atoms with Crippen molar-refractivity contribution in [2.24, 2.45) is 0 Å².